The third-order valence-electron chi connectivity index (χ3n) is 14.1. The van der Waals surface area contributed by atoms with Crippen LogP contribution in [-0.4, -0.2) is 155 Å². The number of ether oxygens (including phenoxy) is 2. The second kappa shape index (κ2) is 27.8. The van der Waals surface area contributed by atoms with E-state index >= 15 is 0 Å². The topological polar surface area (TPSA) is 229 Å². The molecule has 14 rings (SSSR count). The molecule has 402 valence electrons. The monoisotopic (exact) mass is 1040 g/mol. The highest BCUT2D eigenvalue weighted by Gasteiger charge is 2.26. The fourth-order valence-electron chi connectivity index (χ4n) is 9.30. The van der Waals surface area contributed by atoms with Gasteiger partial charge in [0.15, 0.2) is 11.5 Å². The second-order valence-electron chi connectivity index (χ2n) is 19.0. The maximum atomic E-state index is 14.5. The van der Waals surface area contributed by atoms with Gasteiger partial charge in [-0.15, -0.1) is 0 Å². The minimum atomic E-state index is -0.466. The Hall–Kier alpha value is -7.64. The third-order valence-corrected chi connectivity index (χ3v) is 14.1. The highest BCUT2D eigenvalue weighted by Crippen LogP contribution is 2.37. The first-order valence-electron chi connectivity index (χ1n) is 26.1. The molecule has 0 fully saturated rings. The van der Waals surface area contributed by atoms with Crippen LogP contribution in [-0.2, 0) is 13.2 Å². The first kappa shape index (κ1) is 56.1. The van der Waals surface area contributed by atoms with Gasteiger partial charge in [-0.3, -0.25) is 43.5 Å². The smallest absolute Gasteiger partial charge is 0.255 e. The average Bonchev–Trinajstić information content (AvgIpc) is 3.43. The van der Waals surface area contributed by atoms with Gasteiger partial charge in [-0.05, 0) is 97.5 Å². The van der Waals surface area contributed by atoms with Gasteiger partial charge in [0.25, 0.3) is 35.4 Å². The van der Waals surface area contributed by atoms with Crippen molar-refractivity contribution in [1.29, 1.82) is 0 Å². The van der Waals surface area contributed by atoms with Gasteiger partial charge in [-0.25, -0.2) is 0 Å². The number of nitrogens with zero attached hydrogens (tertiary/aromatic N) is 3. The van der Waals surface area contributed by atoms with E-state index < -0.39 is 11.8 Å². The molecule has 0 aromatic heterocycles. The lowest BCUT2D eigenvalue weighted by atomic mass is 9.97. The normalized spacial score (nSPS) is 18.3. The summed E-state index contributed by atoms with van der Waals surface area (Å²) in [7, 11) is 0. The molecule has 76 heavy (non-hydrogen) atoms. The highest BCUT2D eigenvalue weighted by atomic mass is 16.5. The van der Waals surface area contributed by atoms with Gasteiger partial charge in [0.05, 0.1) is 11.1 Å². The molecule has 5 aromatic rings. The number of hydrogen-bond acceptors (Lipinski definition) is 12. The molecular weight excluding hydrogens is 965 g/mol. The van der Waals surface area contributed by atoms with Crippen LogP contribution in [0.15, 0.2) is 97.1 Å². The van der Waals surface area contributed by atoms with Crippen molar-refractivity contribution in [2.24, 2.45) is 5.73 Å². The predicted molar refractivity (Wildman–Crippen MR) is 292 cm³/mol. The number of carbonyl (C=O) groups excluding carboxylic acids is 6. The SMILES string of the molecule is Cc1c2ccc(c1C)C(=O)NCCN1CCNC(=O)c3ccc(c(C)c3C)C(=O)NCCN(CCNC2=O)CCNC(=O)c2ccc(c(OCc3ccccc3)c2OCc2ccccc2)C(=O)NCCN(CCN)CC1. The molecule has 8 bridgehead atoms. The molecule has 9 aliphatic rings. The average molecular weight is 1040 g/mol. The van der Waals surface area contributed by atoms with Gasteiger partial charge in [-0.1, -0.05) is 60.7 Å². The van der Waals surface area contributed by atoms with E-state index in [2.05, 4.69) is 41.7 Å². The molecule has 18 nitrogen and oxygen atoms in total. The van der Waals surface area contributed by atoms with Gasteiger partial charge < -0.3 is 47.1 Å². The molecule has 0 atom stereocenters. The van der Waals surface area contributed by atoms with Crippen LogP contribution in [0.2, 0.25) is 0 Å². The number of nitrogens with two attached hydrogens (primary N) is 1. The number of benzene rings is 5. The van der Waals surface area contributed by atoms with Crippen molar-refractivity contribution in [2.75, 3.05) is 105 Å². The molecule has 6 amide bonds. The van der Waals surface area contributed by atoms with Crippen LogP contribution >= 0.6 is 0 Å². The Morgan fingerprint density at radius 1 is 0.382 bits per heavy atom. The summed E-state index contributed by atoms with van der Waals surface area (Å²) in [5.74, 6) is -1.82. The van der Waals surface area contributed by atoms with Crippen molar-refractivity contribution in [2.45, 2.75) is 40.9 Å². The van der Waals surface area contributed by atoms with Crippen LogP contribution in [0, 0.1) is 27.7 Å². The Labute approximate surface area is 445 Å². The third kappa shape index (κ3) is 15.0. The van der Waals surface area contributed by atoms with Gasteiger partial charge in [-0.2, -0.15) is 0 Å². The van der Waals surface area contributed by atoms with Gasteiger partial charge in [0.2, 0.25) is 0 Å². The molecule has 9 aliphatic heterocycles. The van der Waals surface area contributed by atoms with Crippen molar-refractivity contribution < 1.29 is 38.2 Å². The summed E-state index contributed by atoms with van der Waals surface area (Å²) in [6.45, 7) is 13.2. The van der Waals surface area contributed by atoms with E-state index in [0.29, 0.717) is 123 Å². The molecule has 8 N–H and O–H groups in total. The zero-order valence-corrected chi connectivity index (χ0v) is 44.2. The molecule has 9 heterocycles. The minimum Gasteiger partial charge on any atom is -0.484 e. The Morgan fingerprint density at radius 3 is 1.00 bits per heavy atom. The van der Waals surface area contributed by atoms with Crippen LogP contribution < -0.4 is 47.1 Å². The standard InChI is InChI=1S/C58H72N10O8/c1-39-41(3)47-17-15-45(39)53(69)60-23-30-67-31-24-61-54(70)46-16-18-48(42(4)40(46)2)56(72)63-27-34-68(33-26-62-55(47)71)36-35-66(28-21-59)29-22-64-57(73)49-19-20-50(58(74)65-25-32-67)52(76-38-44-13-9-6-10-14-44)51(49)75-37-43-11-7-5-8-12-43/h5-20H,21-38,59H2,1-4H3,(H,60,69)(H,61,70)(H,62,71)(H,63,72)(H,64,73)(H,65,74). The van der Waals surface area contributed by atoms with Gasteiger partial charge in [0.1, 0.15) is 13.2 Å². The molecule has 18 heteroatoms. The number of nitrogens with one attached hydrogen (secondary N) is 6. The number of rotatable bonds is 8. The first-order chi connectivity index (χ1) is 36.8. The summed E-state index contributed by atoms with van der Waals surface area (Å²) in [4.78, 5) is 90.1. The Bertz CT molecular complexity index is 2750. The summed E-state index contributed by atoms with van der Waals surface area (Å²) >= 11 is 0. The van der Waals surface area contributed by atoms with E-state index in [4.69, 9.17) is 15.2 Å². The van der Waals surface area contributed by atoms with E-state index in [9.17, 15) is 28.8 Å². The zero-order valence-electron chi connectivity index (χ0n) is 44.2. The number of fused-ring (bicyclic) bond motifs is 1. The van der Waals surface area contributed by atoms with Crippen LogP contribution in [0.25, 0.3) is 0 Å². The van der Waals surface area contributed by atoms with Crippen LogP contribution in [0.5, 0.6) is 11.5 Å². The number of hydrogen-bond donors (Lipinski definition) is 7. The Morgan fingerprint density at radius 2 is 0.671 bits per heavy atom. The van der Waals surface area contributed by atoms with E-state index in [1.165, 1.54) is 0 Å². The molecule has 0 saturated heterocycles. The van der Waals surface area contributed by atoms with Crippen molar-refractivity contribution in [1.82, 2.24) is 46.6 Å². The molecular formula is C58H72N10O8. The predicted octanol–water partition coefficient (Wildman–Crippen LogP) is 3.75. The zero-order chi connectivity index (χ0) is 54.0. The molecule has 0 saturated carbocycles. The largest absolute Gasteiger partial charge is 0.484 e. The number of carbonyl (C=O) groups is 6. The number of amides is 6. The maximum Gasteiger partial charge on any atom is 0.255 e. The second-order valence-corrected chi connectivity index (χ2v) is 19.0. The minimum absolute atomic E-state index is 0.0788. The highest BCUT2D eigenvalue weighted by molar-refractivity contribution is 6.04. The first-order valence-corrected chi connectivity index (χ1v) is 26.1. The summed E-state index contributed by atoms with van der Waals surface area (Å²) in [6, 6.07) is 28.8. The van der Waals surface area contributed by atoms with Crippen molar-refractivity contribution in [3.05, 3.63) is 164 Å². The molecule has 0 aliphatic carbocycles. The van der Waals surface area contributed by atoms with Gasteiger partial charge >= 0.3 is 0 Å². The Balaban J connectivity index is 1.26. The lowest BCUT2D eigenvalue weighted by Gasteiger charge is -2.28. The summed E-state index contributed by atoms with van der Waals surface area (Å²) in [5, 5.41) is 18.3. The Kier molecular flexibility index (Phi) is 20.5. The lowest BCUT2D eigenvalue weighted by Crippen LogP contribution is -2.45. The molecule has 0 unspecified atom stereocenters. The van der Waals surface area contributed by atoms with E-state index in [-0.39, 0.29) is 85.6 Å². The summed E-state index contributed by atoms with van der Waals surface area (Å²) in [6.07, 6.45) is 0. The fourth-order valence-corrected chi connectivity index (χ4v) is 9.30. The van der Waals surface area contributed by atoms with Crippen molar-refractivity contribution >= 4 is 35.4 Å². The summed E-state index contributed by atoms with van der Waals surface area (Å²) in [5.41, 5.74) is 12.7. The fraction of sp³-hybridized carbons (Fsp3) is 0.379. The van der Waals surface area contributed by atoms with E-state index in [1.807, 2.05) is 93.3 Å². The molecule has 0 spiro atoms. The van der Waals surface area contributed by atoms with Crippen LogP contribution in [0.1, 0.15) is 95.5 Å². The quantitative estimate of drug-likeness (QED) is 0.118. The van der Waals surface area contributed by atoms with Crippen molar-refractivity contribution in [3.8, 4) is 11.5 Å². The lowest BCUT2D eigenvalue weighted by molar-refractivity contribution is 0.0922. The molecule has 5 aromatic carbocycles. The maximum absolute atomic E-state index is 14.5. The van der Waals surface area contributed by atoms with E-state index in [0.717, 1.165) is 11.1 Å². The van der Waals surface area contributed by atoms with E-state index in [1.54, 1.807) is 36.4 Å². The van der Waals surface area contributed by atoms with Crippen LogP contribution in [0.4, 0.5) is 0 Å². The van der Waals surface area contributed by atoms with Gasteiger partial charge in [0, 0.05) is 127 Å². The van der Waals surface area contributed by atoms with Crippen molar-refractivity contribution in [3.63, 3.8) is 0 Å². The molecule has 0 radical (unpaired) electrons. The van der Waals surface area contributed by atoms with Crippen LogP contribution in [0.3, 0.4) is 0 Å². The summed E-state index contributed by atoms with van der Waals surface area (Å²) < 4.78 is 13.0.